The van der Waals surface area contributed by atoms with Gasteiger partial charge in [-0.15, -0.1) is 0 Å². The quantitative estimate of drug-likeness (QED) is 0.648. The molecule has 0 unspecified atom stereocenters. The van der Waals surface area contributed by atoms with Gasteiger partial charge in [0.05, 0.1) is 5.69 Å². The molecule has 0 aliphatic heterocycles. The van der Waals surface area contributed by atoms with Crippen LogP contribution in [0.25, 0.3) is 0 Å². The molecule has 2 rings (SSSR count). The molecule has 2 N–H and O–H groups in total. The molecule has 6 nitrogen and oxygen atoms in total. The Balaban J connectivity index is 2.74. The first-order chi connectivity index (χ1) is 11.5. The summed E-state index contributed by atoms with van der Waals surface area (Å²) in [4.78, 5) is 11.6. The van der Waals surface area contributed by atoms with Crippen molar-refractivity contribution in [3.8, 4) is 12.1 Å². The Morgan fingerprint density at radius 1 is 1.20 bits per heavy atom. The number of rotatable bonds is 3. The van der Waals surface area contributed by atoms with Crippen LogP contribution in [0.2, 0.25) is 0 Å². The number of carbonyl (C=O) groups is 1. The molecule has 130 valence electrons. The second-order valence-electron chi connectivity index (χ2n) is 7.77. The van der Waals surface area contributed by atoms with Crippen molar-refractivity contribution in [2.45, 2.75) is 58.8 Å². The number of anilines is 2. The van der Waals surface area contributed by atoms with Crippen molar-refractivity contribution in [2.75, 3.05) is 10.7 Å². The molecule has 6 heteroatoms. The van der Waals surface area contributed by atoms with Crippen molar-refractivity contribution in [3.63, 3.8) is 0 Å². The molecule has 0 spiro atoms. The Morgan fingerprint density at radius 3 is 2.32 bits per heavy atom. The van der Waals surface area contributed by atoms with Crippen LogP contribution in [0.4, 0.5) is 11.4 Å². The van der Waals surface area contributed by atoms with Crippen LogP contribution in [0.15, 0.2) is 11.2 Å². The van der Waals surface area contributed by atoms with Gasteiger partial charge in [0.25, 0.3) is 0 Å². The molecule has 0 aromatic heterocycles. The summed E-state index contributed by atoms with van der Waals surface area (Å²) in [5.74, 6) is -0.151. The van der Waals surface area contributed by atoms with E-state index in [1.54, 1.807) is 12.1 Å². The monoisotopic (exact) mass is 337 g/mol. The van der Waals surface area contributed by atoms with Crippen molar-refractivity contribution in [3.05, 3.63) is 22.8 Å². The van der Waals surface area contributed by atoms with E-state index in [1.807, 2.05) is 13.0 Å². The van der Waals surface area contributed by atoms with Gasteiger partial charge in [-0.2, -0.15) is 15.6 Å². The number of benzene rings is 1. The number of nitriles is 2. The predicted molar refractivity (Wildman–Crippen MR) is 98.4 cm³/mol. The summed E-state index contributed by atoms with van der Waals surface area (Å²) < 4.78 is 0. The molecular formula is C19H23N5O. The highest BCUT2D eigenvalue weighted by Crippen LogP contribution is 2.54. The van der Waals surface area contributed by atoms with Crippen LogP contribution in [0.5, 0.6) is 0 Å². The summed E-state index contributed by atoms with van der Waals surface area (Å²) in [5, 5.41) is 24.7. The van der Waals surface area contributed by atoms with Crippen molar-refractivity contribution in [1.29, 1.82) is 10.5 Å². The standard InChI is InChI=1S/C19H23N5O/c1-11-15(22-12(2)25)7-14-16(19(5,6)10-18(14,3)4)17(11)24-23-13(8-20)9-21/h7,24H,10H2,1-6H3,(H,22,25). The number of nitrogens with zero attached hydrogens (tertiary/aromatic N) is 3. The fourth-order valence-electron chi connectivity index (χ4n) is 3.95. The Bertz CT molecular complexity index is 834. The van der Waals surface area contributed by atoms with Crippen LogP contribution < -0.4 is 10.7 Å². The topological polar surface area (TPSA) is 101 Å². The van der Waals surface area contributed by atoms with Crippen molar-refractivity contribution in [1.82, 2.24) is 0 Å². The average Bonchev–Trinajstić information content (AvgIpc) is 2.67. The maximum absolute atomic E-state index is 11.6. The largest absolute Gasteiger partial charge is 0.326 e. The second-order valence-corrected chi connectivity index (χ2v) is 7.77. The van der Waals surface area contributed by atoms with Gasteiger partial charge >= 0.3 is 0 Å². The number of hydrogen-bond acceptors (Lipinski definition) is 5. The Kier molecular flexibility index (Phi) is 4.59. The lowest BCUT2D eigenvalue weighted by atomic mass is 9.81. The van der Waals surface area contributed by atoms with E-state index in [4.69, 9.17) is 10.5 Å². The van der Waals surface area contributed by atoms with Crippen LogP contribution in [0, 0.1) is 29.6 Å². The van der Waals surface area contributed by atoms with Crippen LogP contribution in [-0.4, -0.2) is 11.6 Å². The fourth-order valence-corrected chi connectivity index (χ4v) is 3.95. The minimum atomic E-state index is -0.242. The number of fused-ring (bicyclic) bond motifs is 1. The van der Waals surface area contributed by atoms with Gasteiger partial charge in [0.15, 0.2) is 0 Å². The van der Waals surface area contributed by atoms with E-state index in [-0.39, 0.29) is 22.4 Å². The summed E-state index contributed by atoms with van der Waals surface area (Å²) in [5.41, 5.74) is 7.06. The molecule has 0 fully saturated rings. The molecular weight excluding hydrogens is 314 g/mol. The highest BCUT2D eigenvalue weighted by atomic mass is 16.1. The molecule has 0 saturated heterocycles. The van der Waals surface area contributed by atoms with Crippen molar-refractivity contribution in [2.24, 2.45) is 5.10 Å². The number of nitrogens with one attached hydrogen (secondary N) is 2. The fraction of sp³-hybridized carbons (Fsp3) is 0.474. The van der Waals surface area contributed by atoms with Crippen molar-refractivity contribution >= 4 is 23.0 Å². The lowest BCUT2D eigenvalue weighted by Crippen LogP contribution is -2.18. The van der Waals surface area contributed by atoms with E-state index in [1.165, 1.54) is 6.92 Å². The molecule has 0 bridgehead atoms. The van der Waals surface area contributed by atoms with E-state index in [0.717, 1.165) is 28.8 Å². The third kappa shape index (κ3) is 3.34. The normalized spacial score (nSPS) is 16.2. The zero-order chi connectivity index (χ0) is 19.0. The van der Waals surface area contributed by atoms with E-state index < -0.39 is 0 Å². The first-order valence-electron chi connectivity index (χ1n) is 8.13. The molecule has 1 aromatic rings. The number of carbonyl (C=O) groups excluding carboxylic acids is 1. The zero-order valence-electron chi connectivity index (χ0n) is 15.5. The van der Waals surface area contributed by atoms with E-state index in [0.29, 0.717) is 5.69 Å². The summed E-state index contributed by atoms with van der Waals surface area (Å²) in [7, 11) is 0. The number of hydrogen-bond donors (Lipinski definition) is 2. The zero-order valence-corrected chi connectivity index (χ0v) is 15.5. The summed E-state index contributed by atoms with van der Waals surface area (Å²) in [6, 6.07) is 5.53. The SMILES string of the molecule is CC(=O)Nc1cc2c(c(NN=C(C#N)C#N)c1C)C(C)(C)CC2(C)C. The van der Waals surface area contributed by atoms with E-state index in [9.17, 15) is 4.79 Å². The molecule has 0 saturated carbocycles. The van der Waals surface area contributed by atoms with Gasteiger partial charge in [0.1, 0.15) is 12.1 Å². The third-order valence-corrected chi connectivity index (χ3v) is 4.68. The number of hydrazone groups is 1. The van der Waals surface area contributed by atoms with Gasteiger partial charge in [-0.3, -0.25) is 10.2 Å². The lowest BCUT2D eigenvalue weighted by molar-refractivity contribution is -0.114. The van der Waals surface area contributed by atoms with Crippen LogP contribution >= 0.6 is 0 Å². The first-order valence-corrected chi connectivity index (χ1v) is 8.13. The molecule has 0 radical (unpaired) electrons. The van der Waals surface area contributed by atoms with Gasteiger partial charge in [-0.1, -0.05) is 27.7 Å². The maximum atomic E-state index is 11.6. The average molecular weight is 337 g/mol. The van der Waals surface area contributed by atoms with Gasteiger partial charge < -0.3 is 5.32 Å². The summed E-state index contributed by atoms with van der Waals surface area (Å²) in [6.07, 6.45) is 0.944. The van der Waals surface area contributed by atoms with Gasteiger partial charge in [-0.25, -0.2) is 0 Å². The predicted octanol–water partition coefficient (Wildman–Crippen LogP) is 3.73. The Morgan fingerprint density at radius 2 is 1.80 bits per heavy atom. The van der Waals surface area contributed by atoms with E-state index >= 15 is 0 Å². The highest BCUT2D eigenvalue weighted by molar-refractivity contribution is 6.10. The third-order valence-electron chi connectivity index (χ3n) is 4.68. The number of amides is 1. The van der Waals surface area contributed by atoms with Gasteiger partial charge in [-0.05, 0) is 46.9 Å². The van der Waals surface area contributed by atoms with Crippen LogP contribution in [0.1, 0.15) is 57.7 Å². The van der Waals surface area contributed by atoms with Crippen LogP contribution in [-0.2, 0) is 15.6 Å². The van der Waals surface area contributed by atoms with Crippen molar-refractivity contribution < 1.29 is 4.79 Å². The highest BCUT2D eigenvalue weighted by Gasteiger charge is 2.44. The molecule has 1 aliphatic rings. The minimum Gasteiger partial charge on any atom is -0.326 e. The molecule has 1 amide bonds. The van der Waals surface area contributed by atoms with Gasteiger partial charge in [0, 0.05) is 12.6 Å². The molecule has 1 aliphatic carbocycles. The van der Waals surface area contributed by atoms with E-state index in [2.05, 4.69) is 43.5 Å². The maximum Gasteiger partial charge on any atom is 0.237 e. The minimum absolute atomic E-state index is 0.0623. The molecule has 0 heterocycles. The Hall–Kier alpha value is -2.86. The summed E-state index contributed by atoms with van der Waals surface area (Å²) in [6.45, 7) is 12.1. The smallest absolute Gasteiger partial charge is 0.237 e. The summed E-state index contributed by atoms with van der Waals surface area (Å²) >= 11 is 0. The molecule has 0 atom stereocenters. The van der Waals surface area contributed by atoms with Gasteiger partial charge in [0.2, 0.25) is 11.6 Å². The molecule has 25 heavy (non-hydrogen) atoms. The second kappa shape index (κ2) is 6.22. The van der Waals surface area contributed by atoms with Crippen LogP contribution in [0.3, 0.4) is 0 Å². The lowest BCUT2D eigenvalue weighted by Gasteiger charge is -2.24. The molecule has 1 aromatic carbocycles. The first kappa shape index (κ1) is 18.5. The Labute approximate surface area is 148 Å².